The Hall–Kier alpha value is -5.48. The summed E-state index contributed by atoms with van der Waals surface area (Å²) in [5, 5.41) is 11.4. The molecule has 0 unspecified atom stereocenters. The molecule has 0 saturated carbocycles. The second-order valence-electron chi connectivity index (χ2n) is 17.3. The summed E-state index contributed by atoms with van der Waals surface area (Å²) < 4.78 is 2.31. The lowest BCUT2D eigenvalue weighted by Crippen LogP contribution is -2.19. The second-order valence-corrected chi connectivity index (χ2v) is 17.3. The van der Waals surface area contributed by atoms with Crippen LogP contribution < -0.4 is 0 Å². The van der Waals surface area contributed by atoms with E-state index in [1.165, 1.54) is 27.8 Å². The summed E-state index contributed by atoms with van der Waals surface area (Å²) in [7, 11) is 0. The molecule has 54 heavy (non-hydrogen) atoms. The van der Waals surface area contributed by atoms with Crippen LogP contribution in [-0.4, -0.2) is 19.6 Å². The van der Waals surface area contributed by atoms with Crippen LogP contribution in [0.5, 0.6) is 5.75 Å². The summed E-state index contributed by atoms with van der Waals surface area (Å²) in [4.78, 5) is 10.5. The number of benzene rings is 5. The van der Waals surface area contributed by atoms with Crippen LogP contribution in [0, 0.1) is 0 Å². The highest BCUT2D eigenvalue weighted by atomic mass is 16.3. The number of pyridine rings is 1. The van der Waals surface area contributed by atoms with Crippen LogP contribution in [0.4, 0.5) is 0 Å². The normalized spacial score (nSPS) is 12.3. The Balaban J connectivity index is 1.60. The lowest BCUT2D eigenvalue weighted by molar-refractivity contribution is 0.477. The number of phenolic OH excluding ortho intramolecular Hbond substituents is 1. The van der Waals surface area contributed by atoms with E-state index < -0.39 is 0 Å². The van der Waals surface area contributed by atoms with Crippen LogP contribution in [0.2, 0.25) is 0 Å². The van der Waals surface area contributed by atoms with E-state index in [1.807, 2.05) is 24.4 Å². The topological polar surface area (TPSA) is 50.9 Å². The SMILES string of the molecule is CC(C)c1cccc(C(C)C)c1-n1c(-c2ccccc2O)nc2c(-c3cc(-c4cc(-c5ccccc5)ccn4)c(C(C)(C)C)cc3C(C)(C)C)cccc21. The van der Waals surface area contributed by atoms with Crippen LogP contribution in [-0.2, 0) is 10.8 Å². The van der Waals surface area contributed by atoms with Crippen molar-refractivity contribution < 1.29 is 5.11 Å². The zero-order chi connectivity index (χ0) is 38.5. The van der Waals surface area contributed by atoms with Crippen molar-refractivity contribution in [2.24, 2.45) is 0 Å². The van der Waals surface area contributed by atoms with Crippen molar-refractivity contribution in [1.29, 1.82) is 0 Å². The Labute approximate surface area is 321 Å². The third kappa shape index (κ3) is 6.75. The van der Waals surface area contributed by atoms with E-state index in [0.717, 1.165) is 50.5 Å². The molecule has 0 aliphatic carbocycles. The maximum absolute atomic E-state index is 11.4. The standard InChI is InChI=1S/C50H53N3O/c1-31(2)35-21-16-22-36(32(3)4)47(35)53-44-24-17-23-37(46(44)52-48(53)38-20-14-15-25-45(38)54)39-29-40(42(50(8,9)10)30-41(39)49(5,6)7)43-28-34(26-27-51-43)33-18-12-11-13-19-33/h11-32,54H,1-10H3. The number of imidazole rings is 1. The van der Waals surface area contributed by atoms with Gasteiger partial charge in [-0.2, -0.15) is 0 Å². The van der Waals surface area contributed by atoms with Gasteiger partial charge in [0, 0.05) is 17.3 Å². The van der Waals surface area contributed by atoms with Gasteiger partial charge in [-0.05, 0) is 98.0 Å². The second kappa shape index (κ2) is 14.1. The Kier molecular flexibility index (Phi) is 9.60. The molecule has 0 saturated heterocycles. The van der Waals surface area contributed by atoms with Crippen molar-refractivity contribution in [3.05, 3.63) is 144 Å². The van der Waals surface area contributed by atoms with Gasteiger partial charge in [0.1, 0.15) is 11.6 Å². The molecule has 2 heterocycles. The van der Waals surface area contributed by atoms with Gasteiger partial charge in [0.25, 0.3) is 0 Å². The van der Waals surface area contributed by atoms with E-state index >= 15 is 0 Å². The first-order valence-corrected chi connectivity index (χ1v) is 19.3. The van der Waals surface area contributed by atoms with Crippen molar-refractivity contribution >= 4 is 11.0 Å². The van der Waals surface area contributed by atoms with Gasteiger partial charge in [-0.25, -0.2) is 4.98 Å². The van der Waals surface area contributed by atoms with Crippen molar-refractivity contribution in [3.63, 3.8) is 0 Å². The highest BCUT2D eigenvalue weighted by Gasteiger charge is 2.30. The lowest BCUT2D eigenvalue weighted by Gasteiger charge is -2.30. The first-order valence-electron chi connectivity index (χ1n) is 19.3. The van der Waals surface area contributed by atoms with Crippen LogP contribution >= 0.6 is 0 Å². The molecule has 0 amide bonds. The van der Waals surface area contributed by atoms with Gasteiger partial charge in [0.2, 0.25) is 0 Å². The summed E-state index contributed by atoms with van der Waals surface area (Å²) in [6.45, 7) is 22.8. The van der Waals surface area contributed by atoms with Crippen LogP contribution in [0.25, 0.3) is 61.6 Å². The van der Waals surface area contributed by atoms with E-state index in [1.54, 1.807) is 6.07 Å². The van der Waals surface area contributed by atoms with Crippen molar-refractivity contribution in [2.75, 3.05) is 0 Å². The summed E-state index contributed by atoms with van der Waals surface area (Å²) in [6.07, 6.45) is 1.93. The minimum Gasteiger partial charge on any atom is -0.507 e. The fourth-order valence-corrected chi connectivity index (χ4v) is 7.82. The van der Waals surface area contributed by atoms with E-state index in [-0.39, 0.29) is 28.4 Å². The molecule has 4 nitrogen and oxygen atoms in total. The van der Waals surface area contributed by atoms with Crippen molar-refractivity contribution in [3.8, 4) is 56.3 Å². The van der Waals surface area contributed by atoms with Crippen molar-refractivity contribution in [2.45, 2.75) is 91.9 Å². The predicted octanol–water partition coefficient (Wildman–Crippen LogP) is 13.6. The minimum atomic E-state index is -0.173. The summed E-state index contributed by atoms with van der Waals surface area (Å²) in [5.41, 5.74) is 15.0. The van der Waals surface area contributed by atoms with E-state index in [2.05, 4.69) is 165 Å². The Morgan fingerprint density at radius 2 is 1.15 bits per heavy atom. The molecular formula is C50H53N3O. The summed E-state index contributed by atoms with van der Waals surface area (Å²) in [6, 6.07) is 40.4. The first-order chi connectivity index (χ1) is 25.6. The number of hydrogen-bond donors (Lipinski definition) is 1. The van der Waals surface area contributed by atoms with E-state index in [4.69, 9.17) is 9.97 Å². The molecule has 2 aromatic heterocycles. The molecule has 7 aromatic rings. The number of rotatable bonds is 7. The van der Waals surface area contributed by atoms with Gasteiger partial charge in [0.05, 0.1) is 28.0 Å². The number of phenols is 1. The van der Waals surface area contributed by atoms with Gasteiger partial charge in [-0.15, -0.1) is 0 Å². The third-order valence-electron chi connectivity index (χ3n) is 10.6. The third-order valence-corrected chi connectivity index (χ3v) is 10.6. The summed E-state index contributed by atoms with van der Waals surface area (Å²) >= 11 is 0. The van der Waals surface area contributed by atoms with Crippen molar-refractivity contribution in [1.82, 2.24) is 14.5 Å². The molecular weight excluding hydrogens is 659 g/mol. The average Bonchev–Trinajstić information content (AvgIpc) is 3.53. The van der Waals surface area contributed by atoms with Gasteiger partial charge in [-0.1, -0.05) is 148 Å². The molecule has 0 spiro atoms. The Bertz CT molecular complexity index is 2450. The van der Waals surface area contributed by atoms with Crippen LogP contribution in [0.15, 0.2) is 121 Å². The molecule has 0 atom stereocenters. The number of fused-ring (bicyclic) bond motifs is 1. The highest BCUT2D eigenvalue weighted by Crippen LogP contribution is 2.46. The van der Waals surface area contributed by atoms with Gasteiger partial charge >= 0.3 is 0 Å². The first kappa shape index (κ1) is 36.9. The number of hydrogen-bond acceptors (Lipinski definition) is 3. The predicted molar refractivity (Wildman–Crippen MR) is 228 cm³/mol. The van der Waals surface area contributed by atoms with Crippen LogP contribution in [0.1, 0.15) is 103 Å². The number of aromatic hydroxyl groups is 1. The van der Waals surface area contributed by atoms with Gasteiger partial charge < -0.3 is 5.11 Å². The zero-order valence-electron chi connectivity index (χ0n) is 33.5. The highest BCUT2D eigenvalue weighted by molar-refractivity contribution is 5.98. The molecule has 0 aliphatic rings. The van der Waals surface area contributed by atoms with Crippen LogP contribution in [0.3, 0.4) is 0 Å². The molecule has 0 bridgehead atoms. The summed E-state index contributed by atoms with van der Waals surface area (Å²) in [5.74, 6) is 1.48. The molecule has 0 radical (unpaired) electrons. The largest absolute Gasteiger partial charge is 0.507 e. The number of aromatic nitrogens is 3. The fourth-order valence-electron chi connectivity index (χ4n) is 7.82. The molecule has 0 fully saturated rings. The zero-order valence-corrected chi connectivity index (χ0v) is 33.5. The Morgan fingerprint density at radius 1 is 0.556 bits per heavy atom. The molecule has 274 valence electrons. The maximum Gasteiger partial charge on any atom is 0.149 e. The molecule has 1 N–H and O–H groups in total. The quantitative estimate of drug-likeness (QED) is 0.179. The Morgan fingerprint density at radius 3 is 1.78 bits per heavy atom. The number of nitrogens with zero attached hydrogens (tertiary/aromatic N) is 3. The minimum absolute atomic E-state index is 0.141. The monoisotopic (exact) mass is 711 g/mol. The molecule has 4 heteroatoms. The number of para-hydroxylation sites is 3. The average molecular weight is 712 g/mol. The van der Waals surface area contributed by atoms with E-state index in [9.17, 15) is 5.11 Å². The smallest absolute Gasteiger partial charge is 0.149 e. The fraction of sp³-hybridized carbons (Fsp3) is 0.280. The maximum atomic E-state index is 11.4. The molecule has 0 aliphatic heterocycles. The lowest BCUT2D eigenvalue weighted by atomic mass is 9.74. The molecule has 5 aromatic carbocycles. The van der Waals surface area contributed by atoms with Gasteiger partial charge in [0.15, 0.2) is 0 Å². The molecule has 7 rings (SSSR count). The van der Waals surface area contributed by atoms with E-state index in [0.29, 0.717) is 5.56 Å². The van der Waals surface area contributed by atoms with Gasteiger partial charge in [-0.3, -0.25) is 9.55 Å².